The number of aliphatic hydroxyl groups is 1. The lowest BCUT2D eigenvalue weighted by Crippen LogP contribution is -2.34. The van der Waals surface area contributed by atoms with Crippen molar-refractivity contribution in [2.75, 3.05) is 58.6 Å². The molecule has 2 unspecified atom stereocenters. The number of alkyl halides is 4. The molecule has 0 spiro atoms. The Labute approximate surface area is 400 Å². The fourth-order valence-electron chi connectivity index (χ4n) is 6.09. The van der Waals surface area contributed by atoms with E-state index in [0.717, 1.165) is 16.2 Å². The SMILES string of the molecule is CCN(CC)CC.CS(=O)(=O)C(F)(F)COCC(O)c1ccccc1.CS(=O)(=O)C(F)(F)COCC(OC(=O)c1cccc2ccccc12)c1ccccc1.O=C(Cl)c1cccc2ccccc12. The van der Waals surface area contributed by atoms with Gasteiger partial charge < -0.3 is 24.2 Å². The molecule has 2 atom stereocenters. The summed E-state index contributed by atoms with van der Waals surface area (Å²) in [6.07, 6.45) is -1.19. The lowest BCUT2D eigenvalue weighted by Gasteiger charge is -2.21. The van der Waals surface area contributed by atoms with Crippen molar-refractivity contribution in [1.29, 1.82) is 0 Å². The molecular weight excluding hydrogens is 950 g/mol. The second-order valence-corrected chi connectivity index (χ2v) is 19.7. The van der Waals surface area contributed by atoms with Gasteiger partial charge in [0.2, 0.25) is 19.7 Å². The van der Waals surface area contributed by atoms with Crippen LogP contribution in [0.4, 0.5) is 17.6 Å². The van der Waals surface area contributed by atoms with Gasteiger partial charge in [-0.2, -0.15) is 17.6 Å². The smallest absolute Gasteiger partial charge is 0.367 e. The molecule has 0 bridgehead atoms. The van der Waals surface area contributed by atoms with Gasteiger partial charge in [0.15, 0.2) is 6.10 Å². The number of rotatable bonds is 18. The van der Waals surface area contributed by atoms with Gasteiger partial charge in [0.25, 0.3) is 5.24 Å². The molecule has 0 aliphatic carbocycles. The Kier molecular flexibility index (Phi) is 22.7. The average molecular weight is 1010 g/mol. The van der Waals surface area contributed by atoms with Gasteiger partial charge in [-0.15, -0.1) is 0 Å². The summed E-state index contributed by atoms with van der Waals surface area (Å²) in [6, 6.07) is 42.5. The Morgan fingerprint density at radius 2 is 0.956 bits per heavy atom. The van der Waals surface area contributed by atoms with Crippen molar-refractivity contribution in [2.24, 2.45) is 0 Å². The number of carbonyl (C=O) groups excluding carboxylic acids is 2. The molecule has 0 aromatic heterocycles. The van der Waals surface area contributed by atoms with Crippen LogP contribution < -0.4 is 0 Å². The van der Waals surface area contributed by atoms with Gasteiger partial charge in [-0.25, -0.2) is 21.6 Å². The first-order valence-corrected chi connectivity index (χ1v) is 25.4. The van der Waals surface area contributed by atoms with Gasteiger partial charge in [-0.05, 0) is 76.0 Å². The number of aliphatic hydroxyl groups excluding tert-OH is 1. The quantitative estimate of drug-likeness (QED) is 0.0497. The van der Waals surface area contributed by atoms with Crippen molar-refractivity contribution in [3.8, 4) is 0 Å². The molecule has 0 saturated heterocycles. The van der Waals surface area contributed by atoms with E-state index in [1.165, 1.54) is 19.6 Å². The van der Waals surface area contributed by atoms with E-state index in [1.54, 1.807) is 91.0 Å². The summed E-state index contributed by atoms with van der Waals surface area (Å²) in [7, 11) is -9.13. The van der Waals surface area contributed by atoms with Crippen molar-refractivity contribution >= 4 is 64.0 Å². The molecule has 368 valence electrons. The minimum absolute atomic E-state index is 0.329. The molecule has 6 aromatic rings. The average Bonchev–Trinajstić information content (AvgIpc) is 3.31. The highest BCUT2D eigenvalue weighted by Crippen LogP contribution is 2.27. The van der Waals surface area contributed by atoms with Crippen molar-refractivity contribution in [1.82, 2.24) is 4.90 Å². The van der Waals surface area contributed by atoms with Crippen LogP contribution in [0.15, 0.2) is 146 Å². The Balaban J connectivity index is 0.000000272. The van der Waals surface area contributed by atoms with Crippen molar-refractivity contribution in [3.63, 3.8) is 0 Å². The lowest BCUT2D eigenvalue weighted by atomic mass is 10.0. The minimum atomic E-state index is -4.62. The molecule has 0 amide bonds. The first-order chi connectivity index (χ1) is 32.1. The summed E-state index contributed by atoms with van der Waals surface area (Å²) in [4.78, 5) is 26.2. The van der Waals surface area contributed by atoms with Gasteiger partial charge in [0.05, 0.1) is 18.8 Å². The fraction of sp³-hybridized carbons (Fsp3) is 0.320. The third kappa shape index (κ3) is 17.7. The molecule has 0 aliphatic heterocycles. The molecule has 0 aliphatic rings. The van der Waals surface area contributed by atoms with Crippen molar-refractivity contribution < 1.29 is 63.3 Å². The van der Waals surface area contributed by atoms with Gasteiger partial charge in [0.1, 0.15) is 19.3 Å². The maximum absolute atomic E-state index is 13.7. The molecule has 11 nitrogen and oxygen atoms in total. The number of ether oxygens (including phenoxy) is 3. The highest BCUT2D eigenvalue weighted by Gasteiger charge is 2.42. The van der Waals surface area contributed by atoms with E-state index in [4.69, 9.17) is 21.1 Å². The summed E-state index contributed by atoms with van der Waals surface area (Å²) < 4.78 is 112. The molecule has 0 heterocycles. The monoisotopic (exact) mass is 1010 g/mol. The van der Waals surface area contributed by atoms with Crippen LogP contribution in [0.2, 0.25) is 0 Å². The number of sulfone groups is 2. The van der Waals surface area contributed by atoms with Crippen molar-refractivity contribution in [2.45, 2.75) is 43.5 Å². The number of nitrogens with zero attached hydrogens (tertiary/aromatic N) is 1. The molecule has 18 heteroatoms. The molecule has 6 aromatic carbocycles. The van der Waals surface area contributed by atoms with E-state index in [9.17, 15) is 49.1 Å². The van der Waals surface area contributed by atoms with E-state index in [-0.39, 0.29) is 0 Å². The lowest BCUT2D eigenvalue weighted by molar-refractivity contribution is -0.0501. The molecule has 68 heavy (non-hydrogen) atoms. The second kappa shape index (κ2) is 27.1. The number of esters is 1. The van der Waals surface area contributed by atoms with Crippen LogP contribution >= 0.6 is 11.6 Å². The van der Waals surface area contributed by atoms with Crippen LogP contribution in [-0.2, 0) is 33.9 Å². The van der Waals surface area contributed by atoms with Crippen LogP contribution in [0.3, 0.4) is 0 Å². The number of carbonyl (C=O) groups is 2. The number of hydrogen-bond acceptors (Lipinski definition) is 11. The third-order valence-corrected chi connectivity index (χ3v) is 12.7. The summed E-state index contributed by atoms with van der Waals surface area (Å²) in [5.41, 5.74) is 1.95. The number of benzene rings is 6. The second-order valence-electron chi connectivity index (χ2n) is 15.0. The number of halogens is 5. The molecule has 6 rings (SSSR count). The number of fused-ring (bicyclic) bond motifs is 2. The Morgan fingerprint density at radius 3 is 1.38 bits per heavy atom. The van der Waals surface area contributed by atoms with Crippen molar-refractivity contribution in [3.05, 3.63) is 168 Å². The third-order valence-electron chi connectivity index (χ3n) is 10.1. The molecule has 0 saturated carbocycles. The van der Waals surface area contributed by atoms with Gasteiger partial charge in [-0.1, -0.05) is 154 Å². The highest BCUT2D eigenvalue weighted by atomic mass is 35.5. The summed E-state index contributed by atoms with van der Waals surface area (Å²) >= 11 is 5.44. The topological polar surface area (TPSA) is 154 Å². The summed E-state index contributed by atoms with van der Waals surface area (Å²) in [6.45, 7) is 6.71. The van der Waals surface area contributed by atoms with Gasteiger partial charge in [-0.3, -0.25) is 4.79 Å². The number of hydrogen-bond donors (Lipinski definition) is 1. The Bertz CT molecular complexity index is 2710. The van der Waals surface area contributed by atoms with E-state index in [2.05, 4.69) is 30.4 Å². The highest BCUT2D eigenvalue weighted by molar-refractivity contribution is 7.92. The van der Waals surface area contributed by atoms with Crippen LogP contribution in [-0.4, -0.2) is 107 Å². The Morgan fingerprint density at radius 1 is 0.574 bits per heavy atom. The summed E-state index contributed by atoms with van der Waals surface area (Å²) in [5.74, 6) is -0.640. The first-order valence-electron chi connectivity index (χ1n) is 21.2. The van der Waals surface area contributed by atoms with Gasteiger partial charge >= 0.3 is 16.5 Å². The van der Waals surface area contributed by atoms with Crippen LogP contribution in [0, 0.1) is 0 Å². The predicted molar refractivity (Wildman–Crippen MR) is 259 cm³/mol. The van der Waals surface area contributed by atoms with E-state index in [0.29, 0.717) is 40.2 Å². The fourth-order valence-corrected chi connectivity index (χ4v) is 6.85. The zero-order chi connectivity index (χ0) is 50.5. The van der Waals surface area contributed by atoms with E-state index >= 15 is 0 Å². The Hall–Kier alpha value is -5.27. The molecule has 1 N–H and O–H groups in total. The largest absolute Gasteiger partial charge is 0.451 e. The maximum Gasteiger partial charge on any atom is 0.367 e. The van der Waals surface area contributed by atoms with Crippen LogP contribution in [0.1, 0.15) is 64.8 Å². The molecule has 0 radical (unpaired) electrons. The predicted octanol–water partition coefficient (Wildman–Crippen LogP) is 10.3. The van der Waals surface area contributed by atoms with Crippen LogP contribution in [0.25, 0.3) is 21.5 Å². The zero-order valence-electron chi connectivity index (χ0n) is 38.2. The molecule has 0 fully saturated rings. The minimum Gasteiger partial charge on any atom is -0.451 e. The first kappa shape index (κ1) is 57.1. The van der Waals surface area contributed by atoms with Crippen LogP contribution in [0.5, 0.6) is 0 Å². The van der Waals surface area contributed by atoms with Gasteiger partial charge in [0, 0.05) is 18.1 Å². The summed E-state index contributed by atoms with van der Waals surface area (Å²) in [5, 5.41) is 4.71. The van der Waals surface area contributed by atoms with E-state index < -0.39 is 80.0 Å². The molecular formula is C50H56ClF4NO10S2. The van der Waals surface area contributed by atoms with E-state index in [1.807, 2.05) is 54.6 Å². The zero-order valence-corrected chi connectivity index (χ0v) is 40.6. The standard InChI is InChI=1S/C22H20F2O5S.C11H7ClO.C11H14F2O4S.C6H15N/c1-30(26,27)22(23,24)15-28-14-20(17-9-3-2-4-10-17)29-21(25)19-13-7-11-16-8-5-6-12-18(16)19;12-11(13)10-7-3-5-8-4-1-2-6-9(8)10;1-18(15,16)11(12,13)8-17-7-10(14)9-5-3-2-4-6-9;1-4-7(5-2)6-3/h2-13,20H,14-15H2,1H3;1-7H;2-6,10,14H,7-8H2,1H3;4-6H2,1-3H3. The normalized spacial score (nSPS) is 12.6. The maximum atomic E-state index is 13.7.